The van der Waals surface area contributed by atoms with Gasteiger partial charge in [-0.05, 0) is 71.0 Å². The summed E-state index contributed by atoms with van der Waals surface area (Å²) in [5.74, 6) is 1.04. The van der Waals surface area contributed by atoms with Gasteiger partial charge < -0.3 is 30.3 Å². The molecule has 1 saturated heterocycles. The zero-order chi connectivity index (χ0) is 33.3. The molecule has 0 saturated carbocycles. The van der Waals surface area contributed by atoms with Gasteiger partial charge in [-0.3, -0.25) is 14.6 Å². The number of nitrogens with one attached hydrogen (secondary N) is 3. The lowest BCUT2D eigenvalue weighted by Crippen LogP contribution is -2.41. The number of carbonyl (C=O) groups excluding carboxylic acids is 2. The van der Waals surface area contributed by atoms with Crippen molar-refractivity contribution in [2.24, 2.45) is 0 Å². The number of hydrogen-bond donors (Lipinski definition) is 3. The number of carbonyl (C=O) groups is 2. The first-order valence-corrected chi connectivity index (χ1v) is 14.9. The van der Waals surface area contributed by atoms with Gasteiger partial charge >= 0.3 is 0 Å². The standard InChI is InChI=1S/C29H27FN6O4.C5H13N/c1-3-28(38)36-10-7-18(8-11-36)34-26-14-22-25(15-27(26)39-2)32-17-33-29(22)35-24-5-4-20(13-23(24)30)40-21-6-9-31-19(12-21)16-37;1-5(2,3)6-4/h3-6,9,12-18,34H,1,7-8,10-11H2,2H3,(H,32,33,35);6H,1-4H3. The quantitative estimate of drug-likeness (QED) is 0.147. The van der Waals surface area contributed by atoms with Crippen LogP contribution >= 0.6 is 0 Å². The van der Waals surface area contributed by atoms with Crippen molar-refractivity contribution in [1.82, 2.24) is 25.2 Å². The van der Waals surface area contributed by atoms with Crippen LogP contribution < -0.4 is 25.4 Å². The van der Waals surface area contributed by atoms with E-state index in [4.69, 9.17) is 9.47 Å². The third-order valence-electron chi connectivity index (χ3n) is 7.35. The van der Waals surface area contributed by atoms with E-state index in [1.807, 2.05) is 13.1 Å². The van der Waals surface area contributed by atoms with Crippen molar-refractivity contribution in [3.63, 3.8) is 0 Å². The van der Waals surface area contributed by atoms with Crippen LogP contribution in [0.25, 0.3) is 10.9 Å². The summed E-state index contributed by atoms with van der Waals surface area (Å²) in [6.07, 6.45) is 6.32. The van der Waals surface area contributed by atoms with Crippen molar-refractivity contribution in [3.05, 3.63) is 79.2 Å². The Kier molecular flexibility index (Phi) is 11.2. The monoisotopic (exact) mass is 629 g/mol. The predicted octanol–water partition coefficient (Wildman–Crippen LogP) is 6.11. The normalized spacial score (nSPS) is 13.3. The number of aromatic nitrogens is 3. The number of pyridine rings is 1. The number of benzene rings is 2. The maximum Gasteiger partial charge on any atom is 0.245 e. The van der Waals surface area contributed by atoms with Crippen molar-refractivity contribution in [2.75, 3.05) is 37.9 Å². The van der Waals surface area contributed by atoms with Gasteiger partial charge in [0.1, 0.15) is 40.9 Å². The van der Waals surface area contributed by atoms with E-state index in [0.29, 0.717) is 53.1 Å². The van der Waals surface area contributed by atoms with E-state index in [9.17, 15) is 9.59 Å². The number of rotatable bonds is 9. The van der Waals surface area contributed by atoms with Gasteiger partial charge in [0.25, 0.3) is 0 Å². The van der Waals surface area contributed by atoms with E-state index in [2.05, 4.69) is 58.3 Å². The number of ether oxygens (including phenoxy) is 2. The summed E-state index contributed by atoms with van der Waals surface area (Å²) < 4.78 is 26.4. The second-order valence-electron chi connectivity index (χ2n) is 11.6. The number of halogens is 1. The number of nitrogens with zero attached hydrogens (tertiary/aromatic N) is 4. The Balaban J connectivity index is 0.000000731. The number of hydrogen-bond acceptors (Lipinski definition) is 10. The highest BCUT2D eigenvalue weighted by atomic mass is 19.1. The molecule has 0 bridgehead atoms. The Morgan fingerprint density at radius 2 is 1.76 bits per heavy atom. The Morgan fingerprint density at radius 1 is 1.04 bits per heavy atom. The molecule has 242 valence electrons. The SMILES string of the molecule is C=CC(=O)N1CCC(Nc2cc3c(Nc4ccc(Oc5ccnc(C=O)c5)cc4F)ncnc3cc2OC)CC1.CNC(C)(C)C. The number of amides is 1. The van der Waals surface area contributed by atoms with Gasteiger partial charge in [0.2, 0.25) is 5.91 Å². The minimum absolute atomic E-state index is 0.0640. The van der Waals surface area contributed by atoms with Crippen molar-refractivity contribution in [2.45, 2.75) is 45.2 Å². The van der Waals surface area contributed by atoms with Crippen LogP contribution in [0.1, 0.15) is 44.1 Å². The van der Waals surface area contributed by atoms with Crippen LogP contribution in [0.4, 0.5) is 21.6 Å². The zero-order valence-electron chi connectivity index (χ0n) is 26.8. The first-order valence-electron chi connectivity index (χ1n) is 14.9. The van der Waals surface area contributed by atoms with Gasteiger partial charge in [-0.2, -0.15) is 0 Å². The molecule has 0 unspecified atom stereocenters. The van der Waals surface area contributed by atoms with Crippen LogP contribution in [-0.2, 0) is 4.79 Å². The maximum absolute atomic E-state index is 15.1. The number of methoxy groups -OCH3 is 1. The van der Waals surface area contributed by atoms with Crippen molar-refractivity contribution >= 4 is 40.3 Å². The molecule has 5 rings (SSSR count). The van der Waals surface area contributed by atoms with Gasteiger partial charge in [0.05, 0.1) is 24.0 Å². The number of likely N-dealkylation sites (tertiary alicyclic amines) is 1. The molecular weight excluding hydrogens is 589 g/mol. The van der Waals surface area contributed by atoms with Gasteiger partial charge in [0, 0.05) is 54.5 Å². The van der Waals surface area contributed by atoms with Crippen LogP contribution in [0.3, 0.4) is 0 Å². The van der Waals surface area contributed by atoms with Crippen LogP contribution in [0.5, 0.6) is 17.2 Å². The Hall–Kier alpha value is -5.10. The fourth-order valence-corrected chi connectivity index (χ4v) is 4.54. The lowest BCUT2D eigenvalue weighted by Gasteiger charge is -2.32. The minimum atomic E-state index is -0.554. The molecule has 1 aliphatic rings. The van der Waals surface area contributed by atoms with E-state index in [1.165, 1.54) is 30.7 Å². The summed E-state index contributed by atoms with van der Waals surface area (Å²) in [6.45, 7) is 11.2. The van der Waals surface area contributed by atoms with Gasteiger partial charge in [-0.15, -0.1) is 0 Å². The predicted molar refractivity (Wildman–Crippen MR) is 178 cm³/mol. The highest BCUT2D eigenvalue weighted by molar-refractivity contribution is 5.95. The molecule has 0 aliphatic carbocycles. The summed E-state index contributed by atoms with van der Waals surface area (Å²) >= 11 is 0. The Labute approximate surface area is 268 Å². The molecule has 2 aromatic carbocycles. The average molecular weight is 630 g/mol. The van der Waals surface area contributed by atoms with E-state index >= 15 is 4.39 Å². The summed E-state index contributed by atoms with van der Waals surface area (Å²) in [6, 6.07) is 11.2. The topological polar surface area (TPSA) is 131 Å². The molecule has 12 heteroatoms. The zero-order valence-corrected chi connectivity index (χ0v) is 26.8. The highest BCUT2D eigenvalue weighted by Gasteiger charge is 2.23. The molecule has 11 nitrogen and oxygen atoms in total. The molecule has 0 atom stereocenters. The van der Waals surface area contributed by atoms with Crippen LogP contribution in [0, 0.1) is 5.82 Å². The van der Waals surface area contributed by atoms with Gasteiger partial charge in [-0.1, -0.05) is 6.58 Å². The number of anilines is 3. The van der Waals surface area contributed by atoms with E-state index in [-0.39, 0.29) is 29.1 Å². The van der Waals surface area contributed by atoms with Crippen molar-refractivity contribution in [1.29, 1.82) is 0 Å². The third-order valence-corrected chi connectivity index (χ3v) is 7.35. The first kappa shape index (κ1) is 33.8. The fraction of sp³-hybridized carbons (Fsp3) is 0.324. The molecule has 3 N–H and O–H groups in total. The molecular formula is C34H40FN7O4. The van der Waals surface area contributed by atoms with E-state index in [1.54, 1.807) is 36.3 Å². The summed E-state index contributed by atoms with van der Waals surface area (Å²) in [5, 5.41) is 10.4. The molecule has 2 aromatic heterocycles. The second kappa shape index (κ2) is 15.3. The fourth-order valence-electron chi connectivity index (χ4n) is 4.54. The average Bonchev–Trinajstić information content (AvgIpc) is 3.06. The first-order chi connectivity index (χ1) is 22.0. The van der Waals surface area contributed by atoms with Crippen LogP contribution in [-0.4, -0.2) is 70.9 Å². The lowest BCUT2D eigenvalue weighted by atomic mass is 10.0. The number of fused-ring (bicyclic) bond motifs is 1. The Bertz CT molecular complexity index is 1680. The van der Waals surface area contributed by atoms with Crippen LogP contribution in [0.15, 0.2) is 67.6 Å². The van der Waals surface area contributed by atoms with Gasteiger partial charge in [0.15, 0.2) is 6.29 Å². The molecule has 1 amide bonds. The molecule has 0 spiro atoms. The van der Waals surface area contributed by atoms with E-state index in [0.717, 1.165) is 18.5 Å². The summed E-state index contributed by atoms with van der Waals surface area (Å²) in [7, 11) is 3.54. The molecule has 3 heterocycles. The third kappa shape index (κ3) is 8.98. The molecule has 4 aromatic rings. The molecule has 0 radical (unpaired) electrons. The van der Waals surface area contributed by atoms with Crippen molar-refractivity contribution < 1.29 is 23.5 Å². The van der Waals surface area contributed by atoms with Gasteiger partial charge in [-0.25, -0.2) is 14.4 Å². The van der Waals surface area contributed by atoms with Crippen LogP contribution in [0.2, 0.25) is 0 Å². The van der Waals surface area contributed by atoms with E-state index < -0.39 is 5.82 Å². The minimum Gasteiger partial charge on any atom is -0.495 e. The highest BCUT2D eigenvalue weighted by Crippen LogP contribution is 2.35. The summed E-state index contributed by atoms with van der Waals surface area (Å²) in [4.78, 5) is 37.3. The Morgan fingerprint density at radius 3 is 2.39 bits per heavy atom. The number of aldehydes is 1. The maximum atomic E-state index is 15.1. The lowest BCUT2D eigenvalue weighted by molar-refractivity contribution is -0.126. The van der Waals surface area contributed by atoms with Crippen molar-refractivity contribution in [3.8, 4) is 17.2 Å². The largest absolute Gasteiger partial charge is 0.495 e. The second-order valence-corrected chi connectivity index (χ2v) is 11.6. The number of piperidine rings is 1. The molecule has 46 heavy (non-hydrogen) atoms. The smallest absolute Gasteiger partial charge is 0.245 e. The summed E-state index contributed by atoms with van der Waals surface area (Å²) in [5.41, 5.74) is 2.07. The molecule has 1 fully saturated rings. The molecule has 1 aliphatic heterocycles.